The van der Waals surface area contributed by atoms with Crippen LogP contribution in [-0.4, -0.2) is 16.1 Å². The molecule has 0 spiro atoms. The maximum Gasteiger partial charge on any atom is 0.165 e. The zero-order valence-corrected chi connectivity index (χ0v) is 11.3. The molecule has 0 aliphatic heterocycles. The number of aromatic hydroxyl groups is 1. The van der Waals surface area contributed by atoms with Gasteiger partial charge in [-0.2, -0.15) is 0 Å². The summed E-state index contributed by atoms with van der Waals surface area (Å²) in [6.07, 6.45) is 1.78. The van der Waals surface area contributed by atoms with Gasteiger partial charge < -0.3 is 5.11 Å². The predicted molar refractivity (Wildman–Crippen MR) is 70.9 cm³/mol. The number of rotatable bonds is 2. The third-order valence-electron chi connectivity index (χ3n) is 3.13. The zero-order valence-electron chi connectivity index (χ0n) is 10.5. The van der Waals surface area contributed by atoms with E-state index in [1.54, 1.807) is 23.9 Å². The Morgan fingerprint density at radius 3 is 2.76 bits per heavy atom. The first-order valence-electron chi connectivity index (χ1n) is 6.06. The number of phenols is 1. The van der Waals surface area contributed by atoms with Crippen molar-refractivity contribution in [3.8, 4) is 5.75 Å². The van der Waals surface area contributed by atoms with Gasteiger partial charge in [-0.15, -0.1) is 11.8 Å². The van der Waals surface area contributed by atoms with Gasteiger partial charge in [-0.1, -0.05) is 20.8 Å². The molecule has 0 radical (unpaired) electrons. The molecule has 1 N–H and O–H groups in total. The van der Waals surface area contributed by atoms with E-state index in [-0.39, 0.29) is 11.7 Å². The maximum atomic E-state index is 12.1. The lowest BCUT2D eigenvalue weighted by Crippen LogP contribution is -2.20. The molecule has 17 heavy (non-hydrogen) atoms. The lowest BCUT2D eigenvalue weighted by molar-refractivity contribution is 0.0913. The van der Waals surface area contributed by atoms with E-state index in [1.165, 1.54) is 0 Å². The standard InChI is InChI=1S/C14H18O2S/c1-8(2)17-14-11-5-4-9(3)13(16)10(11)6-7-12(14)15/h6-9,15H,4-5H2,1-3H3. The summed E-state index contributed by atoms with van der Waals surface area (Å²) in [6.45, 7) is 6.17. The molecule has 0 heterocycles. The molecule has 1 unspecified atom stereocenters. The minimum atomic E-state index is 0.115. The monoisotopic (exact) mass is 250 g/mol. The van der Waals surface area contributed by atoms with Crippen LogP contribution in [0.25, 0.3) is 0 Å². The van der Waals surface area contributed by atoms with Crippen LogP contribution in [0.2, 0.25) is 0 Å². The molecule has 1 aliphatic carbocycles. The first kappa shape index (κ1) is 12.5. The average Bonchev–Trinajstić information content (AvgIpc) is 2.27. The lowest BCUT2D eigenvalue weighted by atomic mass is 9.84. The van der Waals surface area contributed by atoms with Crippen LogP contribution < -0.4 is 0 Å². The van der Waals surface area contributed by atoms with E-state index >= 15 is 0 Å². The van der Waals surface area contributed by atoms with Crippen molar-refractivity contribution in [2.45, 2.75) is 43.8 Å². The Bertz CT molecular complexity index is 452. The predicted octanol–water partition coefficient (Wildman–Crippen LogP) is 3.66. The van der Waals surface area contributed by atoms with Crippen LogP contribution in [0.5, 0.6) is 5.75 Å². The third kappa shape index (κ3) is 2.34. The fourth-order valence-corrected chi connectivity index (χ4v) is 3.23. The number of carbonyl (C=O) groups is 1. The molecule has 92 valence electrons. The van der Waals surface area contributed by atoms with Gasteiger partial charge in [0.15, 0.2) is 5.78 Å². The molecule has 0 bridgehead atoms. The number of Topliss-reactive ketones (excluding diaryl/α,β-unsaturated/α-hetero) is 1. The molecule has 0 fully saturated rings. The largest absolute Gasteiger partial charge is 0.507 e. The number of thioether (sulfide) groups is 1. The number of fused-ring (bicyclic) bond motifs is 1. The highest BCUT2D eigenvalue weighted by molar-refractivity contribution is 8.00. The Balaban J connectivity index is 2.50. The van der Waals surface area contributed by atoms with Gasteiger partial charge in [0.05, 0.1) is 4.90 Å². The summed E-state index contributed by atoms with van der Waals surface area (Å²) in [6, 6.07) is 3.42. The molecule has 1 atom stereocenters. The first-order valence-corrected chi connectivity index (χ1v) is 6.94. The topological polar surface area (TPSA) is 37.3 Å². The van der Waals surface area contributed by atoms with Crippen LogP contribution in [-0.2, 0) is 6.42 Å². The highest BCUT2D eigenvalue weighted by Gasteiger charge is 2.27. The van der Waals surface area contributed by atoms with Gasteiger partial charge in [-0.25, -0.2) is 0 Å². The van der Waals surface area contributed by atoms with Crippen LogP contribution >= 0.6 is 11.8 Å². The highest BCUT2D eigenvalue weighted by Crippen LogP contribution is 2.40. The van der Waals surface area contributed by atoms with E-state index in [4.69, 9.17) is 0 Å². The SMILES string of the molecule is CC(C)Sc1c(O)ccc2c1CCC(C)C2=O. The van der Waals surface area contributed by atoms with E-state index in [2.05, 4.69) is 13.8 Å². The molecular formula is C14H18O2S. The Morgan fingerprint density at radius 1 is 1.41 bits per heavy atom. The second kappa shape index (κ2) is 4.73. The van der Waals surface area contributed by atoms with Crippen LogP contribution in [0.3, 0.4) is 0 Å². The fourth-order valence-electron chi connectivity index (χ4n) is 2.22. The molecule has 1 aliphatic rings. The summed E-state index contributed by atoms with van der Waals surface area (Å²) in [7, 11) is 0. The Labute approximate surface area is 106 Å². The molecule has 1 aromatic carbocycles. The molecule has 0 aromatic heterocycles. The van der Waals surface area contributed by atoms with Crippen LogP contribution in [0.15, 0.2) is 17.0 Å². The van der Waals surface area contributed by atoms with Gasteiger partial charge >= 0.3 is 0 Å². The molecular weight excluding hydrogens is 232 g/mol. The van der Waals surface area contributed by atoms with Crippen molar-refractivity contribution in [3.63, 3.8) is 0 Å². The summed E-state index contributed by atoms with van der Waals surface area (Å²) >= 11 is 1.64. The maximum absolute atomic E-state index is 12.1. The second-order valence-electron chi connectivity index (χ2n) is 4.91. The molecule has 0 amide bonds. The molecule has 0 saturated heterocycles. The van der Waals surface area contributed by atoms with E-state index in [0.717, 1.165) is 28.9 Å². The van der Waals surface area contributed by atoms with Crippen molar-refractivity contribution in [1.29, 1.82) is 0 Å². The Morgan fingerprint density at radius 2 is 2.12 bits per heavy atom. The number of benzene rings is 1. The lowest BCUT2D eigenvalue weighted by Gasteiger charge is -2.23. The van der Waals surface area contributed by atoms with Gasteiger partial charge in [0.1, 0.15) is 5.75 Å². The summed E-state index contributed by atoms with van der Waals surface area (Å²) in [5.41, 5.74) is 1.86. The number of phenolic OH excluding ortho intramolecular Hbond substituents is 1. The van der Waals surface area contributed by atoms with E-state index in [0.29, 0.717) is 11.0 Å². The minimum Gasteiger partial charge on any atom is -0.507 e. The second-order valence-corrected chi connectivity index (χ2v) is 6.50. The van der Waals surface area contributed by atoms with Crippen molar-refractivity contribution in [2.75, 3.05) is 0 Å². The van der Waals surface area contributed by atoms with E-state index in [9.17, 15) is 9.90 Å². The molecule has 2 nitrogen and oxygen atoms in total. The van der Waals surface area contributed by atoms with Crippen molar-refractivity contribution < 1.29 is 9.90 Å². The van der Waals surface area contributed by atoms with Crippen LogP contribution in [0, 0.1) is 5.92 Å². The van der Waals surface area contributed by atoms with Crippen molar-refractivity contribution in [1.82, 2.24) is 0 Å². The smallest absolute Gasteiger partial charge is 0.165 e. The van der Waals surface area contributed by atoms with Crippen LogP contribution in [0.1, 0.15) is 43.1 Å². The summed E-state index contributed by atoms with van der Waals surface area (Å²) < 4.78 is 0. The minimum absolute atomic E-state index is 0.115. The summed E-state index contributed by atoms with van der Waals surface area (Å²) in [4.78, 5) is 13.0. The Kier molecular flexibility index (Phi) is 3.48. The van der Waals surface area contributed by atoms with Crippen LogP contribution in [0.4, 0.5) is 0 Å². The van der Waals surface area contributed by atoms with Gasteiger partial charge in [-0.3, -0.25) is 4.79 Å². The molecule has 1 aromatic rings. The van der Waals surface area contributed by atoms with Gasteiger partial charge in [0.25, 0.3) is 0 Å². The average molecular weight is 250 g/mol. The zero-order chi connectivity index (χ0) is 12.6. The van der Waals surface area contributed by atoms with E-state index < -0.39 is 0 Å². The number of carbonyl (C=O) groups excluding carboxylic acids is 1. The Hall–Kier alpha value is -0.960. The number of ketones is 1. The van der Waals surface area contributed by atoms with Gasteiger partial charge in [0.2, 0.25) is 0 Å². The number of hydrogen-bond donors (Lipinski definition) is 1. The quantitative estimate of drug-likeness (QED) is 0.814. The third-order valence-corrected chi connectivity index (χ3v) is 4.30. The molecule has 2 rings (SSSR count). The van der Waals surface area contributed by atoms with Crippen molar-refractivity contribution in [3.05, 3.63) is 23.3 Å². The highest BCUT2D eigenvalue weighted by atomic mass is 32.2. The van der Waals surface area contributed by atoms with E-state index in [1.807, 2.05) is 6.92 Å². The first-order chi connectivity index (χ1) is 8.00. The molecule has 3 heteroatoms. The summed E-state index contributed by atoms with van der Waals surface area (Å²) in [5, 5.41) is 10.3. The van der Waals surface area contributed by atoms with Gasteiger partial charge in [0, 0.05) is 16.7 Å². The fraction of sp³-hybridized carbons (Fsp3) is 0.500. The number of hydrogen-bond acceptors (Lipinski definition) is 3. The van der Waals surface area contributed by atoms with Crippen molar-refractivity contribution >= 4 is 17.5 Å². The summed E-state index contributed by atoms with van der Waals surface area (Å²) in [5.74, 6) is 0.644. The van der Waals surface area contributed by atoms with Gasteiger partial charge in [-0.05, 0) is 30.5 Å². The van der Waals surface area contributed by atoms with Crippen molar-refractivity contribution in [2.24, 2.45) is 5.92 Å². The molecule has 0 saturated carbocycles. The normalized spacial score (nSPS) is 19.5.